The van der Waals surface area contributed by atoms with Crippen LogP contribution in [0.4, 0.5) is 5.82 Å². The molecule has 0 aromatic carbocycles. The summed E-state index contributed by atoms with van der Waals surface area (Å²) in [6.45, 7) is 5.83. The van der Waals surface area contributed by atoms with Crippen LogP contribution >= 0.6 is 0 Å². The number of furan rings is 1. The zero-order chi connectivity index (χ0) is 14.3. The Morgan fingerprint density at radius 3 is 2.30 bits per heavy atom. The van der Waals surface area contributed by atoms with Crippen LogP contribution in [0, 0.1) is 20.8 Å². The molecule has 3 aromatic rings. The van der Waals surface area contributed by atoms with Crippen molar-refractivity contribution in [3.63, 3.8) is 0 Å². The van der Waals surface area contributed by atoms with Gasteiger partial charge in [-0.1, -0.05) is 5.16 Å². The largest absolute Gasteiger partial charge is 0.466 e. The topological polar surface area (TPSA) is 78.1 Å². The van der Waals surface area contributed by atoms with Crippen molar-refractivity contribution in [3.05, 3.63) is 41.6 Å². The van der Waals surface area contributed by atoms with Gasteiger partial charge < -0.3 is 14.7 Å². The minimum atomic E-state index is 0.365. The molecule has 20 heavy (non-hydrogen) atoms. The molecule has 5 heteroatoms. The molecule has 0 unspecified atom stereocenters. The van der Waals surface area contributed by atoms with Gasteiger partial charge in [-0.15, -0.1) is 0 Å². The van der Waals surface area contributed by atoms with Crippen LogP contribution in [-0.2, 0) is 0 Å². The molecule has 0 spiro atoms. The maximum Gasteiger partial charge on any atom is 0.180 e. The first-order valence-corrected chi connectivity index (χ1v) is 6.32. The molecule has 3 heterocycles. The minimum Gasteiger partial charge on any atom is -0.466 e. The first-order chi connectivity index (χ1) is 9.59. The van der Waals surface area contributed by atoms with Crippen LogP contribution < -0.4 is 5.73 Å². The Hall–Kier alpha value is -2.56. The molecule has 0 saturated carbocycles. The summed E-state index contributed by atoms with van der Waals surface area (Å²) in [7, 11) is 0. The average molecular weight is 269 g/mol. The molecule has 0 aliphatic carbocycles. The smallest absolute Gasteiger partial charge is 0.180 e. The number of rotatable bonds is 2. The van der Waals surface area contributed by atoms with Crippen LogP contribution in [0.25, 0.3) is 22.5 Å². The Morgan fingerprint density at radius 1 is 1.00 bits per heavy atom. The molecular weight excluding hydrogens is 254 g/mol. The predicted octanol–water partition coefficient (Wildman–Crippen LogP) is 3.50. The summed E-state index contributed by atoms with van der Waals surface area (Å²) in [4.78, 5) is 4.02. The van der Waals surface area contributed by atoms with E-state index in [-0.39, 0.29) is 0 Å². The SMILES string of the molecule is Cc1oc(C)c(-c2onc(N)c2-c2ccncc2)c1C. The molecule has 0 radical (unpaired) electrons. The molecular formula is C15H15N3O2. The molecule has 0 bridgehead atoms. The number of nitrogen functional groups attached to an aromatic ring is 1. The summed E-state index contributed by atoms with van der Waals surface area (Å²) in [5.41, 5.74) is 9.61. The summed E-state index contributed by atoms with van der Waals surface area (Å²) in [5, 5.41) is 3.90. The van der Waals surface area contributed by atoms with Gasteiger partial charge in [0.05, 0.1) is 11.1 Å². The van der Waals surface area contributed by atoms with Crippen LogP contribution in [0.15, 0.2) is 33.5 Å². The van der Waals surface area contributed by atoms with Gasteiger partial charge in [-0.25, -0.2) is 0 Å². The van der Waals surface area contributed by atoms with Gasteiger partial charge in [-0.2, -0.15) is 0 Å². The molecule has 5 nitrogen and oxygen atoms in total. The lowest BCUT2D eigenvalue weighted by Crippen LogP contribution is -1.89. The quantitative estimate of drug-likeness (QED) is 0.770. The standard InChI is InChI=1S/C15H15N3O2/c1-8-9(2)19-10(3)12(8)14-13(15(16)18-20-14)11-4-6-17-7-5-11/h4-7H,1-3H3,(H2,16,18). The fourth-order valence-corrected chi connectivity index (χ4v) is 2.40. The Bertz CT molecular complexity index is 757. The van der Waals surface area contributed by atoms with Gasteiger partial charge in [0.15, 0.2) is 11.6 Å². The van der Waals surface area contributed by atoms with Crippen molar-refractivity contribution in [3.8, 4) is 22.5 Å². The lowest BCUT2D eigenvalue weighted by Gasteiger charge is -2.02. The third-order valence-electron chi connectivity index (χ3n) is 3.48. The highest BCUT2D eigenvalue weighted by Crippen LogP contribution is 2.40. The summed E-state index contributed by atoms with van der Waals surface area (Å²) < 4.78 is 11.1. The van der Waals surface area contributed by atoms with Gasteiger partial charge in [0.1, 0.15) is 11.5 Å². The first-order valence-electron chi connectivity index (χ1n) is 6.32. The van der Waals surface area contributed by atoms with Crippen molar-refractivity contribution in [2.75, 3.05) is 5.73 Å². The highest BCUT2D eigenvalue weighted by molar-refractivity contribution is 5.88. The van der Waals surface area contributed by atoms with E-state index in [0.717, 1.165) is 33.8 Å². The van der Waals surface area contributed by atoms with Gasteiger partial charge in [0.25, 0.3) is 0 Å². The Balaban J connectivity index is 2.27. The summed E-state index contributed by atoms with van der Waals surface area (Å²) in [6.07, 6.45) is 3.43. The number of pyridine rings is 1. The van der Waals surface area contributed by atoms with Crippen LogP contribution in [0.2, 0.25) is 0 Å². The van der Waals surface area contributed by atoms with E-state index < -0.39 is 0 Å². The van der Waals surface area contributed by atoms with E-state index in [4.69, 9.17) is 14.7 Å². The highest BCUT2D eigenvalue weighted by atomic mass is 16.5. The van der Waals surface area contributed by atoms with E-state index in [1.807, 2.05) is 32.9 Å². The normalized spacial score (nSPS) is 10.9. The van der Waals surface area contributed by atoms with Crippen LogP contribution in [0.3, 0.4) is 0 Å². The van der Waals surface area contributed by atoms with Crippen LogP contribution in [0.1, 0.15) is 17.1 Å². The van der Waals surface area contributed by atoms with Gasteiger partial charge in [0, 0.05) is 18.0 Å². The molecule has 0 amide bonds. The second kappa shape index (κ2) is 4.52. The molecule has 0 aliphatic rings. The second-order valence-corrected chi connectivity index (χ2v) is 4.72. The zero-order valence-electron chi connectivity index (χ0n) is 11.6. The monoisotopic (exact) mass is 269 g/mol. The number of hydrogen-bond acceptors (Lipinski definition) is 5. The third-order valence-corrected chi connectivity index (χ3v) is 3.48. The number of aromatic nitrogens is 2. The van der Waals surface area contributed by atoms with Crippen molar-refractivity contribution in [1.82, 2.24) is 10.1 Å². The molecule has 3 aromatic heterocycles. The molecule has 2 N–H and O–H groups in total. The minimum absolute atomic E-state index is 0.365. The lowest BCUT2D eigenvalue weighted by molar-refractivity contribution is 0.434. The van der Waals surface area contributed by atoms with Gasteiger partial charge in [0.2, 0.25) is 0 Å². The van der Waals surface area contributed by atoms with Crippen molar-refractivity contribution in [2.24, 2.45) is 0 Å². The van der Waals surface area contributed by atoms with Crippen molar-refractivity contribution >= 4 is 5.82 Å². The van der Waals surface area contributed by atoms with Crippen molar-refractivity contribution < 1.29 is 8.94 Å². The number of aryl methyl sites for hydroxylation is 2. The number of hydrogen-bond donors (Lipinski definition) is 1. The molecule has 3 rings (SSSR count). The fourth-order valence-electron chi connectivity index (χ4n) is 2.40. The van der Waals surface area contributed by atoms with Gasteiger partial charge in [-0.05, 0) is 38.5 Å². The predicted molar refractivity (Wildman–Crippen MR) is 76.1 cm³/mol. The molecule has 0 saturated heterocycles. The third kappa shape index (κ3) is 1.79. The maximum atomic E-state index is 5.96. The van der Waals surface area contributed by atoms with Gasteiger partial charge >= 0.3 is 0 Å². The highest BCUT2D eigenvalue weighted by Gasteiger charge is 2.23. The van der Waals surface area contributed by atoms with Crippen LogP contribution in [-0.4, -0.2) is 10.1 Å². The molecule has 102 valence electrons. The van der Waals surface area contributed by atoms with E-state index in [9.17, 15) is 0 Å². The Kier molecular flexibility index (Phi) is 2.82. The van der Waals surface area contributed by atoms with E-state index >= 15 is 0 Å². The fraction of sp³-hybridized carbons (Fsp3) is 0.200. The van der Waals surface area contributed by atoms with E-state index in [1.54, 1.807) is 12.4 Å². The first kappa shape index (κ1) is 12.5. The molecule has 0 aliphatic heterocycles. The zero-order valence-corrected chi connectivity index (χ0v) is 11.6. The van der Waals surface area contributed by atoms with Crippen LogP contribution in [0.5, 0.6) is 0 Å². The molecule has 0 atom stereocenters. The summed E-state index contributed by atoms with van der Waals surface area (Å²) in [5.74, 6) is 2.67. The van der Waals surface area contributed by atoms with E-state index in [1.165, 1.54) is 0 Å². The summed E-state index contributed by atoms with van der Waals surface area (Å²) in [6, 6.07) is 3.76. The number of nitrogens with two attached hydrogens (primary N) is 1. The van der Waals surface area contributed by atoms with E-state index in [2.05, 4.69) is 10.1 Å². The van der Waals surface area contributed by atoms with Crippen molar-refractivity contribution in [2.45, 2.75) is 20.8 Å². The lowest BCUT2D eigenvalue weighted by atomic mass is 10.00. The van der Waals surface area contributed by atoms with E-state index in [0.29, 0.717) is 11.6 Å². The summed E-state index contributed by atoms with van der Waals surface area (Å²) >= 11 is 0. The number of nitrogens with zero attached hydrogens (tertiary/aromatic N) is 2. The Labute approximate surface area is 116 Å². The average Bonchev–Trinajstić information content (AvgIpc) is 2.92. The Morgan fingerprint density at radius 2 is 1.70 bits per heavy atom. The number of anilines is 1. The van der Waals surface area contributed by atoms with Crippen molar-refractivity contribution in [1.29, 1.82) is 0 Å². The van der Waals surface area contributed by atoms with Gasteiger partial charge in [-0.3, -0.25) is 4.98 Å². The molecule has 0 fully saturated rings. The maximum absolute atomic E-state index is 5.96. The second-order valence-electron chi connectivity index (χ2n) is 4.72.